The van der Waals surface area contributed by atoms with Gasteiger partial charge in [0.25, 0.3) is 5.69 Å². The number of nitro groups is 1. The highest BCUT2D eigenvalue weighted by atomic mass is 19.1. The van der Waals surface area contributed by atoms with Crippen molar-refractivity contribution in [2.24, 2.45) is 5.73 Å². The van der Waals surface area contributed by atoms with E-state index in [4.69, 9.17) is 5.73 Å². The number of benzene rings is 2. The number of carbonyl (C=O) groups excluding carboxylic acids is 2. The van der Waals surface area contributed by atoms with Gasteiger partial charge in [-0.15, -0.1) is 0 Å². The Morgan fingerprint density at radius 1 is 1.21 bits per heavy atom. The predicted octanol–water partition coefficient (Wildman–Crippen LogP) is 2.58. The number of halogens is 1. The van der Waals surface area contributed by atoms with E-state index in [2.05, 4.69) is 5.32 Å². The molecular weight excluding hydrogens is 317 g/mol. The largest absolute Gasteiger partial charge is 0.368 e. The molecule has 0 aliphatic carbocycles. The van der Waals surface area contributed by atoms with E-state index in [0.29, 0.717) is 5.56 Å². The first-order chi connectivity index (χ1) is 11.3. The third-order valence-corrected chi connectivity index (χ3v) is 3.39. The van der Waals surface area contributed by atoms with E-state index in [1.54, 1.807) is 0 Å². The number of nitro benzene ring substituents is 1. The van der Waals surface area contributed by atoms with Gasteiger partial charge in [0.05, 0.1) is 4.92 Å². The van der Waals surface area contributed by atoms with E-state index in [0.717, 1.165) is 18.2 Å². The van der Waals surface area contributed by atoms with Gasteiger partial charge in [0.1, 0.15) is 17.5 Å². The summed E-state index contributed by atoms with van der Waals surface area (Å²) >= 11 is 0. The van der Waals surface area contributed by atoms with E-state index in [9.17, 15) is 24.1 Å². The molecule has 124 valence electrons. The lowest BCUT2D eigenvalue weighted by Gasteiger charge is -2.17. The molecule has 2 aromatic rings. The molecular formula is C16H14FN3O4. The number of hydrogen-bond acceptors (Lipinski definition) is 5. The number of Topliss-reactive ketones (excluding diaryl/α,β-unsaturated/α-hetero) is 1. The summed E-state index contributed by atoms with van der Waals surface area (Å²) in [5.41, 5.74) is 5.53. The third kappa shape index (κ3) is 3.72. The van der Waals surface area contributed by atoms with Crippen LogP contribution in [0.1, 0.15) is 28.9 Å². The summed E-state index contributed by atoms with van der Waals surface area (Å²) in [5, 5.41) is 13.9. The van der Waals surface area contributed by atoms with Gasteiger partial charge in [-0.2, -0.15) is 0 Å². The highest BCUT2D eigenvalue weighted by Gasteiger charge is 2.23. The quantitative estimate of drug-likeness (QED) is 0.479. The minimum Gasteiger partial charge on any atom is -0.368 e. The molecule has 0 fully saturated rings. The molecule has 0 saturated heterocycles. The Labute approximate surface area is 136 Å². The first-order valence-corrected chi connectivity index (χ1v) is 6.90. The minimum absolute atomic E-state index is 0.0260. The van der Waals surface area contributed by atoms with Crippen LogP contribution in [0, 0.1) is 15.9 Å². The molecule has 7 nitrogen and oxygen atoms in total. The lowest BCUT2D eigenvalue weighted by Crippen LogP contribution is -2.28. The zero-order valence-electron chi connectivity index (χ0n) is 12.7. The fraction of sp³-hybridized carbons (Fsp3) is 0.125. The molecule has 0 saturated carbocycles. The second kappa shape index (κ2) is 6.86. The monoisotopic (exact) mass is 331 g/mol. The number of primary amides is 1. The van der Waals surface area contributed by atoms with Crippen LogP contribution in [0.5, 0.6) is 0 Å². The number of anilines is 1. The molecule has 0 heterocycles. The molecule has 8 heteroatoms. The number of nitrogens with one attached hydrogen (secondary N) is 1. The smallest absolute Gasteiger partial charge is 0.293 e. The maximum Gasteiger partial charge on any atom is 0.293 e. The highest BCUT2D eigenvalue weighted by molar-refractivity contribution is 5.96. The molecule has 2 aromatic carbocycles. The lowest BCUT2D eigenvalue weighted by molar-refractivity contribution is -0.384. The average Bonchev–Trinajstić information content (AvgIpc) is 2.53. The predicted molar refractivity (Wildman–Crippen MR) is 85.1 cm³/mol. The molecule has 0 bridgehead atoms. The summed E-state index contributed by atoms with van der Waals surface area (Å²) < 4.78 is 13.0. The Kier molecular flexibility index (Phi) is 4.88. The van der Waals surface area contributed by atoms with Crippen LogP contribution in [0.15, 0.2) is 42.5 Å². The number of nitrogens with zero attached hydrogens (tertiary/aromatic N) is 1. The normalized spacial score (nSPS) is 11.6. The highest BCUT2D eigenvalue weighted by Crippen LogP contribution is 2.29. The van der Waals surface area contributed by atoms with Gasteiger partial charge in [0.2, 0.25) is 5.91 Å². The molecule has 1 amide bonds. The van der Waals surface area contributed by atoms with Crippen LogP contribution < -0.4 is 11.1 Å². The maximum absolute atomic E-state index is 13.0. The fourth-order valence-electron chi connectivity index (χ4n) is 2.15. The van der Waals surface area contributed by atoms with Crippen molar-refractivity contribution in [2.45, 2.75) is 13.0 Å². The van der Waals surface area contributed by atoms with Crippen molar-refractivity contribution in [1.29, 1.82) is 0 Å². The van der Waals surface area contributed by atoms with Crippen molar-refractivity contribution in [3.63, 3.8) is 0 Å². The van der Waals surface area contributed by atoms with Crippen molar-refractivity contribution >= 4 is 23.1 Å². The number of nitrogens with two attached hydrogens (primary N) is 1. The van der Waals surface area contributed by atoms with Gasteiger partial charge in [0.15, 0.2) is 5.78 Å². The van der Waals surface area contributed by atoms with Crippen molar-refractivity contribution in [3.05, 3.63) is 69.5 Å². The van der Waals surface area contributed by atoms with Crippen molar-refractivity contribution in [3.8, 4) is 0 Å². The summed E-state index contributed by atoms with van der Waals surface area (Å²) in [4.78, 5) is 33.6. The van der Waals surface area contributed by atoms with E-state index in [1.165, 1.54) is 31.2 Å². The van der Waals surface area contributed by atoms with Gasteiger partial charge >= 0.3 is 0 Å². The van der Waals surface area contributed by atoms with Crippen LogP contribution in [0.25, 0.3) is 0 Å². The van der Waals surface area contributed by atoms with Crippen LogP contribution in [0.4, 0.5) is 15.8 Å². The molecule has 0 aliphatic heterocycles. The molecule has 0 radical (unpaired) electrons. The zero-order chi connectivity index (χ0) is 17.9. The van der Waals surface area contributed by atoms with E-state index >= 15 is 0 Å². The van der Waals surface area contributed by atoms with E-state index in [1.807, 2.05) is 0 Å². The minimum atomic E-state index is -1.09. The van der Waals surface area contributed by atoms with Gasteiger partial charge in [-0.1, -0.05) is 12.1 Å². The Hall–Kier alpha value is -3.29. The summed E-state index contributed by atoms with van der Waals surface area (Å²) in [7, 11) is 0. The van der Waals surface area contributed by atoms with Crippen LogP contribution in [-0.2, 0) is 4.79 Å². The standard InChI is InChI=1S/C16H14FN3O4/c1-9(21)11-4-7-13(14(8-11)20(23)24)19-15(16(18)22)10-2-5-12(17)6-3-10/h2-8,15,19H,1H3,(H2,18,22). The molecule has 1 unspecified atom stereocenters. The Morgan fingerprint density at radius 2 is 1.83 bits per heavy atom. The van der Waals surface area contributed by atoms with Gasteiger partial charge in [-0.25, -0.2) is 4.39 Å². The second-order valence-electron chi connectivity index (χ2n) is 5.08. The molecule has 0 aromatic heterocycles. The number of amides is 1. The molecule has 24 heavy (non-hydrogen) atoms. The maximum atomic E-state index is 13.0. The number of ketones is 1. The van der Waals surface area contributed by atoms with E-state index in [-0.39, 0.29) is 22.7 Å². The Bertz CT molecular complexity index is 805. The van der Waals surface area contributed by atoms with Crippen LogP contribution in [0.2, 0.25) is 0 Å². The number of carbonyl (C=O) groups is 2. The van der Waals surface area contributed by atoms with Crippen LogP contribution in [-0.4, -0.2) is 16.6 Å². The first-order valence-electron chi connectivity index (χ1n) is 6.90. The van der Waals surface area contributed by atoms with Gasteiger partial charge in [-0.05, 0) is 36.8 Å². The van der Waals surface area contributed by atoms with E-state index < -0.39 is 22.7 Å². The summed E-state index contributed by atoms with van der Waals surface area (Å²) in [6.45, 7) is 1.29. The van der Waals surface area contributed by atoms with Crippen LogP contribution in [0.3, 0.4) is 0 Å². The number of rotatable bonds is 6. The Balaban J connectivity index is 2.42. The second-order valence-corrected chi connectivity index (χ2v) is 5.08. The van der Waals surface area contributed by atoms with Crippen LogP contribution >= 0.6 is 0 Å². The average molecular weight is 331 g/mol. The molecule has 0 spiro atoms. The van der Waals surface area contributed by atoms with Crippen molar-refractivity contribution in [2.75, 3.05) is 5.32 Å². The summed E-state index contributed by atoms with van der Waals surface area (Å²) in [6.07, 6.45) is 0. The topological polar surface area (TPSA) is 115 Å². The lowest BCUT2D eigenvalue weighted by atomic mass is 10.0. The molecule has 2 rings (SSSR count). The van der Waals surface area contributed by atoms with Crippen molar-refractivity contribution in [1.82, 2.24) is 0 Å². The summed E-state index contributed by atoms with van der Waals surface area (Å²) in [6, 6.07) is 7.77. The number of hydrogen-bond donors (Lipinski definition) is 2. The van der Waals surface area contributed by atoms with Gasteiger partial charge in [-0.3, -0.25) is 19.7 Å². The summed E-state index contributed by atoms with van der Waals surface area (Å²) in [5.74, 6) is -1.60. The third-order valence-electron chi connectivity index (χ3n) is 3.39. The molecule has 0 aliphatic rings. The fourth-order valence-corrected chi connectivity index (χ4v) is 2.15. The molecule has 1 atom stereocenters. The zero-order valence-corrected chi connectivity index (χ0v) is 12.7. The van der Waals surface area contributed by atoms with Gasteiger partial charge < -0.3 is 11.1 Å². The molecule has 3 N–H and O–H groups in total. The SMILES string of the molecule is CC(=O)c1ccc(NC(C(N)=O)c2ccc(F)cc2)c([N+](=O)[O-])c1. The first kappa shape index (κ1) is 17.1. The van der Waals surface area contributed by atoms with Gasteiger partial charge in [0, 0.05) is 11.6 Å². The Morgan fingerprint density at radius 3 is 2.33 bits per heavy atom. The van der Waals surface area contributed by atoms with Crippen molar-refractivity contribution < 1.29 is 18.9 Å².